The summed E-state index contributed by atoms with van der Waals surface area (Å²) in [5.74, 6) is 0. The largest absolute Gasteiger partial charge is 0.495 e. The van der Waals surface area contributed by atoms with Crippen LogP contribution in [0.15, 0.2) is 43.0 Å². The lowest BCUT2D eigenvalue weighted by Crippen LogP contribution is -2.41. The Morgan fingerprint density at radius 1 is 1.10 bits per heavy atom. The quantitative estimate of drug-likeness (QED) is 0.811. The maximum absolute atomic E-state index is 6.16. The smallest absolute Gasteiger partial charge is 0.399 e. The Labute approximate surface area is 126 Å². The van der Waals surface area contributed by atoms with Gasteiger partial charge in [0.2, 0.25) is 0 Å². The topological polar surface area (TPSA) is 36.3 Å². The summed E-state index contributed by atoms with van der Waals surface area (Å²) in [6, 6.07) is 8.26. The van der Waals surface area contributed by atoms with Gasteiger partial charge in [-0.05, 0) is 38.7 Å². The Kier molecular flexibility index (Phi) is 3.42. The summed E-state index contributed by atoms with van der Waals surface area (Å²) < 4.78 is 14.4. The van der Waals surface area contributed by atoms with E-state index in [0.29, 0.717) is 0 Å². The molecular weight excluding hydrogens is 263 g/mol. The molecule has 0 atom stereocenters. The van der Waals surface area contributed by atoms with Gasteiger partial charge >= 0.3 is 7.12 Å². The number of hydrogen-bond acceptors (Lipinski definition) is 3. The third-order valence-corrected chi connectivity index (χ3v) is 4.47. The van der Waals surface area contributed by atoms with Crippen molar-refractivity contribution in [3.63, 3.8) is 0 Å². The molecule has 5 heteroatoms. The summed E-state index contributed by atoms with van der Waals surface area (Å²) >= 11 is 0. The first kappa shape index (κ1) is 14.4. The Morgan fingerprint density at radius 2 is 1.76 bits per heavy atom. The van der Waals surface area contributed by atoms with E-state index in [1.165, 1.54) is 5.56 Å². The zero-order valence-corrected chi connectivity index (χ0v) is 13.0. The van der Waals surface area contributed by atoms with E-state index in [9.17, 15) is 0 Å². The zero-order valence-electron chi connectivity index (χ0n) is 13.0. The lowest BCUT2D eigenvalue weighted by molar-refractivity contribution is 0.00578. The van der Waals surface area contributed by atoms with Crippen molar-refractivity contribution in [3.05, 3.63) is 48.5 Å². The second-order valence-electron chi connectivity index (χ2n) is 6.52. The highest BCUT2D eigenvalue weighted by Crippen LogP contribution is 2.36. The van der Waals surface area contributed by atoms with Crippen LogP contribution in [0.2, 0.25) is 0 Å². The first-order chi connectivity index (χ1) is 9.89. The number of imidazole rings is 1. The molecule has 4 nitrogen and oxygen atoms in total. The van der Waals surface area contributed by atoms with Gasteiger partial charge < -0.3 is 13.9 Å². The Balaban J connectivity index is 1.90. The normalized spacial score (nSPS) is 19.9. The van der Waals surface area contributed by atoms with Crippen molar-refractivity contribution >= 4 is 12.6 Å². The fourth-order valence-corrected chi connectivity index (χ4v) is 2.46. The predicted octanol–water partition coefficient (Wildman–Crippen LogP) is 2.23. The highest BCUT2D eigenvalue weighted by atomic mass is 16.7. The number of hydrogen-bond donors (Lipinski definition) is 0. The third kappa shape index (κ3) is 2.63. The van der Waals surface area contributed by atoms with Crippen molar-refractivity contribution in [2.75, 3.05) is 0 Å². The summed E-state index contributed by atoms with van der Waals surface area (Å²) in [6.45, 7) is 9.06. The van der Waals surface area contributed by atoms with Crippen molar-refractivity contribution in [1.82, 2.24) is 9.55 Å². The van der Waals surface area contributed by atoms with Crippen molar-refractivity contribution in [1.29, 1.82) is 0 Å². The monoisotopic (exact) mass is 284 g/mol. The molecule has 2 heterocycles. The Morgan fingerprint density at radius 3 is 2.38 bits per heavy atom. The van der Waals surface area contributed by atoms with Gasteiger partial charge in [0, 0.05) is 18.9 Å². The molecule has 0 spiro atoms. The number of rotatable bonds is 3. The minimum atomic E-state index is -0.324. The molecule has 0 saturated carbocycles. The number of nitrogens with zero attached hydrogens (tertiary/aromatic N) is 2. The van der Waals surface area contributed by atoms with E-state index in [2.05, 4.69) is 44.8 Å². The SMILES string of the molecule is CC1(C)OB(c2ccccc2Cn2ccnc2)OC1(C)C. The van der Waals surface area contributed by atoms with Gasteiger partial charge in [0.05, 0.1) is 17.5 Å². The van der Waals surface area contributed by atoms with Crippen molar-refractivity contribution in [3.8, 4) is 0 Å². The van der Waals surface area contributed by atoms with Crippen LogP contribution in [-0.2, 0) is 15.9 Å². The maximum atomic E-state index is 6.16. The molecule has 1 fully saturated rings. The van der Waals surface area contributed by atoms with Gasteiger partial charge in [-0.25, -0.2) is 4.98 Å². The van der Waals surface area contributed by atoms with Crippen LogP contribution in [0.1, 0.15) is 33.3 Å². The molecule has 1 aromatic heterocycles. The third-order valence-electron chi connectivity index (χ3n) is 4.47. The highest BCUT2D eigenvalue weighted by Gasteiger charge is 2.52. The Hall–Kier alpha value is -1.59. The van der Waals surface area contributed by atoms with Crippen LogP contribution in [0.25, 0.3) is 0 Å². The van der Waals surface area contributed by atoms with Crippen molar-refractivity contribution in [2.45, 2.75) is 45.4 Å². The average Bonchev–Trinajstić information content (AvgIpc) is 2.97. The van der Waals surface area contributed by atoms with E-state index in [1.807, 2.05) is 29.2 Å². The van der Waals surface area contributed by atoms with Crippen LogP contribution in [0.4, 0.5) is 0 Å². The minimum Gasteiger partial charge on any atom is -0.399 e. The van der Waals surface area contributed by atoms with Gasteiger partial charge in [-0.2, -0.15) is 0 Å². The molecule has 0 N–H and O–H groups in total. The summed E-state index contributed by atoms with van der Waals surface area (Å²) in [5.41, 5.74) is 1.64. The van der Waals surface area contributed by atoms with E-state index < -0.39 is 0 Å². The first-order valence-corrected chi connectivity index (χ1v) is 7.28. The van der Waals surface area contributed by atoms with E-state index in [4.69, 9.17) is 9.31 Å². The van der Waals surface area contributed by atoms with Gasteiger partial charge in [0.1, 0.15) is 0 Å². The molecule has 0 unspecified atom stereocenters. The molecular formula is C16H21BN2O2. The predicted molar refractivity (Wildman–Crippen MR) is 83.5 cm³/mol. The fraction of sp³-hybridized carbons (Fsp3) is 0.438. The molecule has 1 aliphatic heterocycles. The molecule has 3 rings (SSSR count). The molecule has 0 bridgehead atoms. The minimum absolute atomic E-state index is 0.320. The summed E-state index contributed by atoms with van der Waals surface area (Å²) in [4.78, 5) is 4.09. The van der Waals surface area contributed by atoms with Gasteiger partial charge in [-0.3, -0.25) is 0 Å². The molecule has 1 saturated heterocycles. The molecule has 0 radical (unpaired) electrons. The van der Waals surface area contributed by atoms with Crippen LogP contribution in [0.3, 0.4) is 0 Å². The number of benzene rings is 1. The van der Waals surface area contributed by atoms with E-state index in [-0.39, 0.29) is 18.3 Å². The molecule has 0 aliphatic carbocycles. The zero-order chi connectivity index (χ0) is 15.1. The molecule has 110 valence electrons. The standard InChI is InChI=1S/C16H21BN2O2/c1-15(2)16(3,4)21-17(20-15)14-8-6-5-7-13(14)11-19-10-9-18-12-19/h5-10,12H,11H2,1-4H3. The second-order valence-corrected chi connectivity index (χ2v) is 6.52. The second kappa shape index (κ2) is 5.00. The molecule has 1 aliphatic rings. The first-order valence-electron chi connectivity index (χ1n) is 7.28. The van der Waals surface area contributed by atoms with Gasteiger partial charge in [0.25, 0.3) is 0 Å². The summed E-state index contributed by atoms with van der Waals surface area (Å²) in [6.07, 6.45) is 5.57. The van der Waals surface area contributed by atoms with Crippen LogP contribution in [0.5, 0.6) is 0 Å². The van der Waals surface area contributed by atoms with E-state index in [0.717, 1.165) is 12.0 Å². The fourth-order valence-electron chi connectivity index (χ4n) is 2.46. The van der Waals surface area contributed by atoms with Crippen LogP contribution in [0, 0.1) is 0 Å². The molecule has 2 aromatic rings. The van der Waals surface area contributed by atoms with Crippen molar-refractivity contribution < 1.29 is 9.31 Å². The van der Waals surface area contributed by atoms with Crippen molar-refractivity contribution in [2.24, 2.45) is 0 Å². The van der Waals surface area contributed by atoms with E-state index in [1.54, 1.807) is 6.20 Å². The highest BCUT2D eigenvalue weighted by molar-refractivity contribution is 6.62. The molecule has 21 heavy (non-hydrogen) atoms. The van der Waals surface area contributed by atoms with Gasteiger partial charge in [-0.15, -0.1) is 0 Å². The van der Waals surface area contributed by atoms with Crippen LogP contribution < -0.4 is 5.46 Å². The lowest BCUT2D eigenvalue weighted by atomic mass is 9.76. The lowest BCUT2D eigenvalue weighted by Gasteiger charge is -2.32. The average molecular weight is 284 g/mol. The molecule has 0 amide bonds. The van der Waals surface area contributed by atoms with E-state index >= 15 is 0 Å². The number of aromatic nitrogens is 2. The Bertz CT molecular complexity index is 607. The molecule has 1 aromatic carbocycles. The maximum Gasteiger partial charge on any atom is 0.495 e. The van der Waals surface area contributed by atoms with Crippen LogP contribution in [-0.4, -0.2) is 27.9 Å². The van der Waals surface area contributed by atoms with Gasteiger partial charge in [-0.1, -0.05) is 24.3 Å². The van der Waals surface area contributed by atoms with Gasteiger partial charge in [0.15, 0.2) is 0 Å². The summed E-state index contributed by atoms with van der Waals surface area (Å²) in [7, 11) is -0.324. The summed E-state index contributed by atoms with van der Waals surface area (Å²) in [5, 5.41) is 0. The van der Waals surface area contributed by atoms with Crippen LogP contribution >= 0.6 is 0 Å².